The van der Waals surface area contributed by atoms with Crippen LogP contribution in [-0.2, 0) is 4.74 Å². The van der Waals surface area contributed by atoms with Gasteiger partial charge in [-0.2, -0.15) is 0 Å². The molecule has 1 saturated heterocycles. The molecule has 0 aromatic carbocycles. The second-order valence-corrected chi connectivity index (χ2v) is 5.24. The first kappa shape index (κ1) is 13.9. The molecule has 3 heteroatoms. The molecule has 2 unspecified atom stereocenters. The predicted octanol–water partition coefficient (Wildman–Crippen LogP) is 1.86. The lowest BCUT2D eigenvalue weighted by atomic mass is 9.98. The van der Waals surface area contributed by atoms with Crippen LogP contribution in [0.5, 0.6) is 0 Å². The first-order chi connectivity index (χ1) is 7.72. The number of hydrogen-bond acceptors (Lipinski definition) is 3. The number of ether oxygens (including phenoxy) is 1. The minimum Gasteiger partial charge on any atom is -0.384 e. The normalized spacial score (nSPS) is 24.6. The van der Waals surface area contributed by atoms with Crippen molar-refractivity contribution in [3.8, 4) is 0 Å². The van der Waals surface area contributed by atoms with Crippen LogP contribution in [0, 0.1) is 5.92 Å². The molecule has 0 amide bonds. The second-order valence-electron chi connectivity index (χ2n) is 5.24. The molecule has 0 aliphatic carbocycles. The third kappa shape index (κ3) is 5.83. The Morgan fingerprint density at radius 2 is 2.25 bits per heavy atom. The Morgan fingerprint density at radius 3 is 2.94 bits per heavy atom. The number of methoxy groups -OCH3 is 1. The standard InChI is InChI=1S/C13H28N2O/c1-12(14)6-3-4-8-15-9-5-7-13(10-15)11-16-2/h12-13H,3-11,14H2,1-2H3. The molecule has 0 aromatic rings. The van der Waals surface area contributed by atoms with Crippen LogP contribution < -0.4 is 5.73 Å². The molecule has 2 atom stereocenters. The Bertz CT molecular complexity index is 171. The maximum Gasteiger partial charge on any atom is 0.0502 e. The zero-order valence-electron chi connectivity index (χ0n) is 11.0. The van der Waals surface area contributed by atoms with Gasteiger partial charge in [0, 0.05) is 19.7 Å². The van der Waals surface area contributed by atoms with Gasteiger partial charge in [0.2, 0.25) is 0 Å². The van der Waals surface area contributed by atoms with Crippen LogP contribution in [0.2, 0.25) is 0 Å². The van der Waals surface area contributed by atoms with E-state index >= 15 is 0 Å². The maximum absolute atomic E-state index is 5.74. The van der Waals surface area contributed by atoms with E-state index in [-0.39, 0.29) is 0 Å². The molecule has 0 saturated carbocycles. The minimum absolute atomic E-state index is 0.364. The van der Waals surface area contributed by atoms with Crippen molar-refractivity contribution >= 4 is 0 Å². The van der Waals surface area contributed by atoms with Gasteiger partial charge in [0.05, 0.1) is 6.61 Å². The molecule has 1 rings (SSSR count). The molecule has 1 aliphatic heterocycles. The van der Waals surface area contributed by atoms with Gasteiger partial charge < -0.3 is 15.4 Å². The van der Waals surface area contributed by atoms with Crippen molar-refractivity contribution in [2.24, 2.45) is 11.7 Å². The van der Waals surface area contributed by atoms with Crippen LogP contribution in [0.4, 0.5) is 0 Å². The van der Waals surface area contributed by atoms with Crippen molar-refractivity contribution in [1.82, 2.24) is 4.90 Å². The third-order valence-electron chi connectivity index (χ3n) is 3.39. The molecule has 96 valence electrons. The molecule has 1 aliphatic rings. The van der Waals surface area contributed by atoms with Gasteiger partial charge in [-0.3, -0.25) is 0 Å². The van der Waals surface area contributed by atoms with E-state index in [0.717, 1.165) is 18.9 Å². The summed E-state index contributed by atoms with van der Waals surface area (Å²) in [6.45, 7) is 6.77. The van der Waals surface area contributed by atoms with E-state index in [2.05, 4.69) is 11.8 Å². The number of nitrogens with two attached hydrogens (primary N) is 1. The summed E-state index contributed by atoms with van der Waals surface area (Å²) in [7, 11) is 1.81. The van der Waals surface area contributed by atoms with Gasteiger partial charge in [-0.25, -0.2) is 0 Å². The van der Waals surface area contributed by atoms with Gasteiger partial charge in [-0.1, -0.05) is 6.42 Å². The van der Waals surface area contributed by atoms with Crippen molar-refractivity contribution in [3.63, 3.8) is 0 Å². The molecule has 1 heterocycles. The lowest BCUT2D eigenvalue weighted by Crippen LogP contribution is -2.37. The van der Waals surface area contributed by atoms with Gasteiger partial charge in [0.15, 0.2) is 0 Å². The van der Waals surface area contributed by atoms with E-state index in [9.17, 15) is 0 Å². The van der Waals surface area contributed by atoms with Gasteiger partial charge in [-0.15, -0.1) is 0 Å². The van der Waals surface area contributed by atoms with E-state index in [1.807, 2.05) is 7.11 Å². The number of unbranched alkanes of at least 4 members (excludes halogenated alkanes) is 1. The monoisotopic (exact) mass is 228 g/mol. The Balaban J connectivity index is 2.07. The van der Waals surface area contributed by atoms with Crippen LogP contribution >= 0.6 is 0 Å². The highest BCUT2D eigenvalue weighted by Crippen LogP contribution is 2.17. The fourth-order valence-corrected chi connectivity index (χ4v) is 2.53. The number of likely N-dealkylation sites (tertiary alicyclic amines) is 1. The molecule has 2 N–H and O–H groups in total. The third-order valence-corrected chi connectivity index (χ3v) is 3.39. The van der Waals surface area contributed by atoms with Crippen molar-refractivity contribution in [1.29, 1.82) is 0 Å². The van der Waals surface area contributed by atoms with Crippen molar-refractivity contribution in [2.75, 3.05) is 33.4 Å². The summed E-state index contributed by atoms with van der Waals surface area (Å²) in [6.07, 6.45) is 6.39. The molecule has 0 radical (unpaired) electrons. The number of nitrogens with zero attached hydrogens (tertiary/aromatic N) is 1. The Labute approximate surface area is 100 Å². The number of piperidine rings is 1. The quantitative estimate of drug-likeness (QED) is 0.676. The fourth-order valence-electron chi connectivity index (χ4n) is 2.53. The van der Waals surface area contributed by atoms with Crippen LogP contribution in [-0.4, -0.2) is 44.3 Å². The predicted molar refractivity (Wildman–Crippen MR) is 68.5 cm³/mol. The Hall–Kier alpha value is -0.120. The molecular weight excluding hydrogens is 200 g/mol. The number of hydrogen-bond donors (Lipinski definition) is 1. The summed E-state index contributed by atoms with van der Waals surface area (Å²) in [6, 6.07) is 0.364. The van der Waals surface area contributed by atoms with Crippen molar-refractivity contribution < 1.29 is 4.74 Å². The molecule has 16 heavy (non-hydrogen) atoms. The average molecular weight is 228 g/mol. The number of rotatable bonds is 7. The highest BCUT2D eigenvalue weighted by atomic mass is 16.5. The fraction of sp³-hybridized carbons (Fsp3) is 1.00. The van der Waals surface area contributed by atoms with E-state index in [4.69, 9.17) is 10.5 Å². The Morgan fingerprint density at radius 1 is 1.44 bits per heavy atom. The Kier molecular flexibility index (Phi) is 7.01. The maximum atomic E-state index is 5.74. The summed E-state index contributed by atoms with van der Waals surface area (Å²) in [5, 5.41) is 0. The first-order valence-corrected chi connectivity index (χ1v) is 6.69. The minimum atomic E-state index is 0.364. The largest absolute Gasteiger partial charge is 0.384 e. The summed E-state index contributed by atoms with van der Waals surface area (Å²) in [5.41, 5.74) is 5.74. The summed E-state index contributed by atoms with van der Waals surface area (Å²) in [5.74, 6) is 0.757. The van der Waals surface area contributed by atoms with Gasteiger partial charge in [0.25, 0.3) is 0 Å². The SMILES string of the molecule is COCC1CCCN(CCCCC(C)N)C1. The highest BCUT2D eigenvalue weighted by molar-refractivity contribution is 4.72. The smallest absolute Gasteiger partial charge is 0.0502 e. The molecule has 0 bridgehead atoms. The lowest BCUT2D eigenvalue weighted by Gasteiger charge is -2.32. The van der Waals surface area contributed by atoms with Crippen LogP contribution in [0.25, 0.3) is 0 Å². The zero-order chi connectivity index (χ0) is 11.8. The lowest BCUT2D eigenvalue weighted by molar-refractivity contribution is 0.0897. The molecular formula is C13H28N2O. The van der Waals surface area contributed by atoms with E-state index in [1.54, 1.807) is 0 Å². The summed E-state index contributed by atoms with van der Waals surface area (Å²) in [4.78, 5) is 2.59. The zero-order valence-corrected chi connectivity index (χ0v) is 11.0. The highest BCUT2D eigenvalue weighted by Gasteiger charge is 2.18. The van der Waals surface area contributed by atoms with Crippen LogP contribution in [0.3, 0.4) is 0 Å². The van der Waals surface area contributed by atoms with Gasteiger partial charge >= 0.3 is 0 Å². The van der Waals surface area contributed by atoms with Gasteiger partial charge in [0.1, 0.15) is 0 Å². The van der Waals surface area contributed by atoms with E-state index in [0.29, 0.717) is 6.04 Å². The molecule has 1 fully saturated rings. The van der Waals surface area contributed by atoms with E-state index in [1.165, 1.54) is 45.3 Å². The molecule has 3 nitrogen and oxygen atoms in total. The topological polar surface area (TPSA) is 38.5 Å². The van der Waals surface area contributed by atoms with Crippen LogP contribution in [0.1, 0.15) is 39.0 Å². The second kappa shape index (κ2) is 8.04. The summed E-state index contributed by atoms with van der Waals surface area (Å²) >= 11 is 0. The van der Waals surface area contributed by atoms with Crippen molar-refractivity contribution in [3.05, 3.63) is 0 Å². The van der Waals surface area contributed by atoms with Crippen molar-refractivity contribution in [2.45, 2.75) is 45.1 Å². The van der Waals surface area contributed by atoms with Crippen LogP contribution in [0.15, 0.2) is 0 Å². The average Bonchev–Trinajstić information content (AvgIpc) is 2.25. The summed E-state index contributed by atoms with van der Waals surface area (Å²) < 4.78 is 5.24. The molecule has 0 aromatic heterocycles. The molecule has 0 spiro atoms. The van der Waals surface area contributed by atoms with E-state index < -0.39 is 0 Å². The first-order valence-electron chi connectivity index (χ1n) is 6.69. The van der Waals surface area contributed by atoms with Gasteiger partial charge in [-0.05, 0) is 51.6 Å².